The molecule has 48 heavy (non-hydrogen) atoms. The predicted octanol–water partition coefficient (Wildman–Crippen LogP) is 7.22. The molecule has 0 unspecified atom stereocenters. The monoisotopic (exact) mass is 1140 g/mol. The summed E-state index contributed by atoms with van der Waals surface area (Å²) >= 11 is 5.05. The zero-order valence-electron chi connectivity index (χ0n) is 26.6. The Kier molecular flexibility index (Phi) is 8.96. The van der Waals surface area contributed by atoms with Gasteiger partial charge in [0.15, 0.2) is 0 Å². The number of benzene rings is 4. The first-order valence-electron chi connectivity index (χ1n) is 15.7. The first kappa shape index (κ1) is 33.7. The molecular weight excluding hydrogens is 1120 g/mol. The molecule has 0 atom stereocenters. The van der Waals surface area contributed by atoms with Gasteiger partial charge in [-0.05, 0) is 0 Å². The van der Waals surface area contributed by atoms with Gasteiger partial charge in [-0.15, -0.1) is 0 Å². The number of hydrogen-bond donors (Lipinski definition) is 2. The topological polar surface area (TPSA) is 57.4 Å². The van der Waals surface area contributed by atoms with Crippen LogP contribution in [0.15, 0.2) is 72.8 Å². The van der Waals surface area contributed by atoms with Crippen LogP contribution < -0.4 is 5.11 Å². The van der Waals surface area contributed by atoms with Crippen LogP contribution in [0.2, 0.25) is 0 Å². The summed E-state index contributed by atoms with van der Waals surface area (Å²) in [6.45, 7) is 8.80. The van der Waals surface area contributed by atoms with Crippen molar-refractivity contribution < 1.29 is 153 Å². The van der Waals surface area contributed by atoms with E-state index in [9.17, 15) is 0 Å². The van der Waals surface area contributed by atoms with Crippen LogP contribution >= 0.6 is 0 Å². The second-order valence-electron chi connectivity index (χ2n) is 13.0. The molecule has 3 aromatic heterocycles. The van der Waals surface area contributed by atoms with Crippen LogP contribution in [0.3, 0.4) is 0 Å². The summed E-state index contributed by atoms with van der Waals surface area (Å²) in [6.07, 6.45) is 0. The van der Waals surface area contributed by atoms with E-state index >= 15 is 0 Å². The van der Waals surface area contributed by atoms with Crippen molar-refractivity contribution in [3.63, 3.8) is 0 Å². The van der Waals surface area contributed by atoms with Gasteiger partial charge in [-0.3, -0.25) is 0 Å². The normalized spacial score (nSPS) is 12.1. The van der Waals surface area contributed by atoms with E-state index in [0.29, 0.717) is 0 Å². The van der Waals surface area contributed by atoms with Gasteiger partial charge < -0.3 is 0 Å². The van der Waals surface area contributed by atoms with Crippen molar-refractivity contribution in [1.29, 1.82) is 0 Å². The quantitative estimate of drug-likeness (QED) is 0.169. The van der Waals surface area contributed by atoms with Crippen molar-refractivity contribution in [1.82, 2.24) is 19.9 Å². The standard InChI is InChI=1S/C40H26N4.4Pm/c1-21-13-29-31(15-23(21)3)39-20-40-32-16-24(4)22(2)14-30(32)38(44-40)19-36-28-12-8-6-10-26(28)34(42-36)17-33-25-9-5-7-11-27(25)35(41-33)18-37(29)43-39;;;;/h9-20,41,44H,1-4H3;;;;. The Morgan fingerprint density at radius 2 is 0.625 bits per heavy atom. The third-order valence-corrected chi connectivity index (χ3v) is 18.6. The fraction of sp³-hybridized carbons (Fsp3) is 0.100. The van der Waals surface area contributed by atoms with Crippen LogP contribution in [0, 0.1) is 181 Å². The Hall–Kier alpha value is -0.129. The van der Waals surface area contributed by atoms with Crippen molar-refractivity contribution in [2.75, 3.05) is 0 Å². The molecule has 5 heterocycles. The summed E-state index contributed by atoms with van der Waals surface area (Å²) in [6, 6.07) is 27.9. The number of H-pyrrole nitrogens is 2. The SMILES string of the molecule is Cc1cc2c(cc1C)-c1cc3[nH]c(cc4nc(cc5[nH]c(cc-2n1)c1cc(C)c(C)cc51)-c1c[c]([Pm])[c]([Pm])cc1-4)c1c[c]([Pm])[c]([Pm])cc31. The van der Waals surface area contributed by atoms with E-state index in [1.807, 2.05) is 0 Å². The number of aryl methyl sites for hydroxylation is 4. The molecule has 0 radical (unpaired) electrons. The average molecular weight is 1140 g/mol. The number of nitrogens with one attached hydrogen (secondary N) is 2. The third kappa shape index (κ3) is 5.65. The van der Waals surface area contributed by atoms with E-state index < -0.39 is 0 Å². The van der Waals surface area contributed by atoms with Gasteiger partial charge in [0, 0.05) is 0 Å². The summed E-state index contributed by atoms with van der Waals surface area (Å²) in [4.78, 5) is 18.5. The van der Waals surface area contributed by atoms with Gasteiger partial charge in [0.05, 0.1) is 0 Å². The minimum absolute atomic E-state index is 0.988. The summed E-state index contributed by atoms with van der Waals surface area (Å²) in [7, 11) is 0. The second kappa shape index (κ2) is 12.8. The fourth-order valence-corrected chi connectivity index (χ4v) is 9.51. The Morgan fingerprint density at radius 3 is 0.979 bits per heavy atom. The molecule has 2 aliphatic rings. The van der Waals surface area contributed by atoms with Crippen LogP contribution in [0.25, 0.3) is 88.6 Å². The van der Waals surface area contributed by atoms with E-state index in [2.05, 4.69) is 110 Å². The Bertz CT molecular complexity index is 2400. The van der Waals surface area contributed by atoms with Crippen molar-refractivity contribution in [3.05, 3.63) is 95.1 Å². The molecular formula is C40H26N4Pm4. The summed E-state index contributed by atoms with van der Waals surface area (Å²) in [5, 5.41) is 4.92. The zero-order valence-corrected chi connectivity index (χ0v) is 38.1. The van der Waals surface area contributed by atoms with Crippen molar-refractivity contribution in [3.8, 4) is 45.0 Å². The van der Waals surface area contributed by atoms with Gasteiger partial charge in [0.1, 0.15) is 0 Å². The summed E-state index contributed by atoms with van der Waals surface area (Å²) in [5.41, 5.74) is 18.3. The fourth-order valence-electron chi connectivity index (χ4n) is 7.03. The molecule has 9 rings (SSSR count). The predicted molar refractivity (Wildman–Crippen MR) is 182 cm³/mol. The summed E-state index contributed by atoms with van der Waals surface area (Å²) < 4.78 is 5.75. The van der Waals surface area contributed by atoms with Gasteiger partial charge in [-0.25, -0.2) is 0 Å². The maximum absolute atomic E-state index is 5.39. The Labute approximate surface area is 382 Å². The second-order valence-corrected chi connectivity index (χ2v) is 19.2. The number of aromatic amines is 2. The molecule has 0 saturated carbocycles. The van der Waals surface area contributed by atoms with E-state index in [-0.39, 0.29) is 0 Å². The number of hydrogen-bond acceptors (Lipinski definition) is 2. The Morgan fingerprint density at radius 1 is 0.354 bits per heavy atom. The van der Waals surface area contributed by atoms with Gasteiger partial charge in [-0.2, -0.15) is 0 Å². The van der Waals surface area contributed by atoms with E-state index in [1.54, 1.807) is 0 Å². The molecule has 2 aliphatic heterocycles. The molecule has 226 valence electrons. The molecule has 0 spiro atoms. The molecule has 4 nitrogen and oxygen atoms in total. The average Bonchev–Trinajstić information content (AvgIpc) is 3.74. The number of fused-ring (bicyclic) bond motifs is 20. The molecule has 0 fully saturated rings. The molecule has 0 amide bonds. The first-order valence-corrected chi connectivity index (χ1v) is 21.5. The zero-order chi connectivity index (χ0) is 33.2. The summed E-state index contributed by atoms with van der Waals surface area (Å²) in [5.74, 6) is 0. The third-order valence-electron chi connectivity index (χ3n) is 9.91. The number of nitrogens with zero attached hydrogens (tertiary/aromatic N) is 2. The first-order chi connectivity index (χ1) is 23.0. The molecule has 4 aromatic carbocycles. The van der Waals surface area contributed by atoms with E-state index in [0.717, 1.165) is 44.8 Å². The molecule has 0 aliphatic carbocycles. The van der Waals surface area contributed by atoms with Crippen LogP contribution in [-0.4, -0.2) is 19.9 Å². The van der Waals surface area contributed by atoms with Gasteiger partial charge in [-0.1, -0.05) is 0 Å². The van der Waals surface area contributed by atoms with Crippen molar-refractivity contribution >= 4 is 48.7 Å². The number of aromatic nitrogens is 4. The van der Waals surface area contributed by atoms with Gasteiger partial charge >= 0.3 is 390 Å². The van der Waals surface area contributed by atoms with Crippen LogP contribution in [0.4, 0.5) is 0 Å². The molecule has 8 heteroatoms. The van der Waals surface area contributed by atoms with Gasteiger partial charge in [0.25, 0.3) is 0 Å². The van der Waals surface area contributed by atoms with E-state index in [1.165, 1.54) is 225 Å². The van der Waals surface area contributed by atoms with Gasteiger partial charge in [0.2, 0.25) is 0 Å². The molecule has 7 aromatic rings. The number of rotatable bonds is 0. The Balaban J connectivity index is 1.52. The van der Waals surface area contributed by atoms with Crippen LogP contribution in [-0.2, 0) is 0 Å². The van der Waals surface area contributed by atoms with Crippen LogP contribution in [0.5, 0.6) is 0 Å². The van der Waals surface area contributed by atoms with Crippen molar-refractivity contribution in [2.45, 2.75) is 27.7 Å². The maximum atomic E-state index is 5.39. The van der Waals surface area contributed by atoms with Crippen LogP contribution in [0.1, 0.15) is 22.3 Å². The molecule has 2 N–H and O–H groups in total. The van der Waals surface area contributed by atoms with Crippen molar-refractivity contribution in [2.24, 2.45) is 0 Å². The van der Waals surface area contributed by atoms with E-state index in [4.69, 9.17) is 9.97 Å². The minimum atomic E-state index is 0.988. The molecule has 8 bridgehead atoms. The molecule has 0 saturated heterocycles.